The zero-order valence-corrected chi connectivity index (χ0v) is 10.5. The molecule has 0 aromatic heterocycles. The maximum absolute atomic E-state index is 12.0. The van der Waals surface area contributed by atoms with Crippen molar-refractivity contribution in [3.8, 4) is 0 Å². The molecule has 2 rings (SSSR count). The van der Waals surface area contributed by atoms with E-state index in [-0.39, 0.29) is 11.8 Å². The van der Waals surface area contributed by atoms with Gasteiger partial charge in [0.1, 0.15) is 5.54 Å². The Labute approximate surface area is 105 Å². The van der Waals surface area contributed by atoms with Crippen molar-refractivity contribution < 1.29 is 14.7 Å². The van der Waals surface area contributed by atoms with Gasteiger partial charge in [0.25, 0.3) is 0 Å². The number of rotatable bonds is 3. The van der Waals surface area contributed by atoms with Crippen molar-refractivity contribution in [2.75, 3.05) is 11.5 Å². The summed E-state index contributed by atoms with van der Waals surface area (Å²) in [6, 6.07) is 0. The van der Waals surface area contributed by atoms with E-state index >= 15 is 0 Å². The Hall–Kier alpha value is -0.970. The fourth-order valence-corrected chi connectivity index (χ4v) is 3.58. The van der Waals surface area contributed by atoms with Crippen molar-refractivity contribution in [1.82, 2.24) is 5.32 Å². The van der Waals surface area contributed by atoms with E-state index < -0.39 is 11.5 Å². The second kappa shape index (κ2) is 5.12. The molecule has 0 bridgehead atoms. The number of carbonyl (C=O) groups excluding carboxylic acids is 1. The maximum atomic E-state index is 12.0. The highest BCUT2D eigenvalue weighted by molar-refractivity contribution is 7.99. The molecule has 0 radical (unpaired) electrons. The molecule has 0 aromatic carbocycles. The van der Waals surface area contributed by atoms with Crippen molar-refractivity contribution in [3.63, 3.8) is 0 Å². The van der Waals surface area contributed by atoms with Crippen LogP contribution in [0.4, 0.5) is 0 Å². The molecule has 0 saturated carbocycles. The van der Waals surface area contributed by atoms with Crippen LogP contribution in [0.1, 0.15) is 25.7 Å². The number of carboxylic acids is 1. The number of hydrogen-bond acceptors (Lipinski definition) is 3. The first-order chi connectivity index (χ1) is 8.14. The second-order valence-corrected chi connectivity index (χ2v) is 5.77. The lowest BCUT2D eigenvalue weighted by Gasteiger charge is -2.27. The molecule has 2 atom stereocenters. The van der Waals surface area contributed by atoms with Crippen LogP contribution in [0, 0.1) is 5.92 Å². The van der Waals surface area contributed by atoms with Crippen molar-refractivity contribution in [2.45, 2.75) is 31.2 Å². The summed E-state index contributed by atoms with van der Waals surface area (Å²) >= 11 is 1.59. The van der Waals surface area contributed by atoms with E-state index in [4.69, 9.17) is 0 Å². The topological polar surface area (TPSA) is 66.4 Å². The van der Waals surface area contributed by atoms with Gasteiger partial charge in [-0.15, -0.1) is 0 Å². The van der Waals surface area contributed by atoms with Crippen LogP contribution in [0.15, 0.2) is 12.2 Å². The Morgan fingerprint density at radius 2 is 2.24 bits per heavy atom. The highest BCUT2D eigenvalue weighted by Gasteiger charge is 2.44. The molecule has 2 aliphatic rings. The van der Waals surface area contributed by atoms with Gasteiger partial charge in [0.15, 0.2) is 0 Å². The molecular formula is C12H17NO3S. The average Bonchev–Trinajstić information content (AvgIpc) is 2.80. The molecule has 0 spiro atoms. The first-order valence-electron chi connectivity index (χ1n) is 5.92. The standard InChI is InChI=1S/C12H17NO3S/c14-10(9-4-2-1-3-5-9)13-12(11(15)16)6-7-17-8-12/h1-2,9H,3-8H2,(H,13,14)(H,15,16)/t9-,12+/m1/s1. The Morgan fingerprint density at radius 3 is 2.76 bits per heavy atom. The van der Waals surface area contributed by atoms with Crippen LogP contribution in [0.2, 0.25) is 0 Å². The van der Waals surface area contributed by atoms with Gasteiger partial charge in [0.05, 0.1) is 0 Å². The summed E-state index contributed by atoms with van der Waals surface area (Å²) in [5, 5.41) is 12.0. The third-order valence-electron chi connectivity index (χ3n) is 3.43. The van der Waals surface area contributed by atoms with E-state index in [2.05, 4.69) is 11.4 Å². The van der Waals surface area contributed by atoms with Crippen LogP contribution in [0.5, 0.6) is 0 Å². The van der Waals surface area contributed by atoms with Gasteiger partial charge >= 0.3 is 5.97 Å². The first-order valence-corrected chi connectivity index (χ1v) is 7.08. The second-order valence-electron chi connectivity index (χ2n) is 4.66. The lowest BCUT2D eigenvalue weighted by atomic mass is 9.91. The maximum Gasteiger partial charge on any atom is 0.330 e. The van der Waals surface area contributed by atoms with Gasteiger partial charge in [-0.25, -0.2) is 4.79 Å². The predicted octanol–water partition coefficient (Wildman–Crippen LogP) is 1.42. The summed E-state index contributed by atoms with van der Waals surface area (Å²) in [5.74, 6) is 0.233. The van der Waals surface area contributed by atoms with Gasteiger partial charge in [0.2, 0.25) is 5.91 Å². The van der Waals surface area contributed by atoms with Crippen LogP contribution >= 0.6 is 11.8 Å². The number of aliphatic carboxylic acids is 1. The fraction of sp³-hybridized carbons (Fsp3) is 0.667. The van der Waals surface area contributed by atoms with E-state index in [0.29, 0.717) is 12.2 Å². The minimum absolute atomic E-state index is 0.0539. The van der Waals surface area contributed by atoms with E-state index in [1.54, 1.807) is 11.8 Å². The zero-order valence-electron chi connectivity index (χ0n) is 9.65. The van der Waals surface area contributed by atoms with Gasteiger partial charge in [-0.1, -0.05) is 12.2 Å². The average molecular weight is 255 g/mol. The molecule has 1 fully saturated rings. The largest absolute Gasteiger partial charge is 0.479 e. The number of thioether (sulfide) groups is 1. The van der Waals surface area contributed by atoms with Gasteiger partial charge in [0, 0.05) is 11.7 Å². The lowest BCUT2D eigenvalue weighted by Crippen LogP contribution is -2.56. The molecule has 17 heavy (non-hydrogen) atoms. The Morgan fingerprint density at radius 1 is 1.41 bits per heavy atom. The highest BCUT2D eigenvalue weighted by Crippen LogP contribution is 2.29. The van der Waals surface area contributed by atoms with E-state index in [0.717, 1.165) is 25.0 Å². The van der Waals surface area contributed by atoms with Crippen molar-refractivity contribution in [1.29, 1.82) is 0 Å². The summed E-state index contributed by atoms with van der Waals surface area (Å²) in [7, 11) is 0. The summed E-state index contributed by atoms with van der Waals surface area (Å²) in [6.45, 7) is 0. The normalized spacial score (nSPS) is 32.4. The molecular weight excluding hydrogens is 238 g/mol. The SMILES string of the molecule is O=C(N[C@@]1(C(=O)O)CCSC1)[C@@H]1CC=CCC1. The Bertz CT molecular complexity index is 348. The van der Waals surface area contributed by atoms with Crippen LogP contribution < -0.4 is 5.32 Å². The molecule has 5 heteroatoms. The van der Waals surface area contributed by atoms with E-state index in [1.807, 2.05) is 6.08 Å². The Balaban J connectivity index is 2.00. The number of hydrogen-bond donors (Lipinski definition) is 2. The Kier molecular flexibility index (Phi) is 3.76. The monoisotopic (exact) mass is 255 g/mol. The van der Waals surface area contributed by atoms with Crippen LogP contribution in [-0.4, -0.2) is 34.0 Å². The third kappa shape index (κ3) is 2.65. The zero-order chi connectivity index (χ0) is 12.3. The molecule has 1 heterocycles. The van der Waals surface area contributed by atoms with Gasteiger partial charge in [-0.05, 0) is 31.4 Å². The van der Waals surface area contributed by atoms with Crippen LogP contribution in [0.25, 0.3) is 0 Å². The van der Waals surface area contributed by atoms with Crippen molar-refractivity contribution in [2.24, 2.45) is 5.92 Å². The summed E-state index contributed by atoms with van der Waals surface area (Å²) in [4.78, 5) is 23.3. The summed E-state index contributed by atoms with van der Waals surface area (Å²) < 4.78 is 0. The number of carbonyl (C=O) groups is 2. The van der Waals surface area contributed by atoms with Gasteiger partial charge < -0.3 is 10.4 Å². The summed E-state index contributed by atoms with van der Waals surface area (Å²) in [5.41, 5.74) is -1.02. The number of allylic oxidation sites excluding steroid dienone is 2. The van der Waals surface area contributed by atoms with E-state index in [9.17, 15) is 14.7 Å². The molecule has 0 aromatic rings. The quantitative estimate of drug-likeness (QED) is 0.748. The lowest BCUT2D eigenvalue weighted by molar-refractivity contribution is -0.147. The number of amides is 1. The fourth-order valence-electron chi connectivity index (χ4n) is 2.26. The smallest absolute Gasteiger partial charge is 0.330 e. The predicted molar refractivity (Wildman–Crippen MR) is 66.9 cm³/mol. The third-order valence-corrected chi connectivity index (χ3v) is 4.62. The molecule has 2 N–H and O–H groups in total. The molecule has 1 aliphatic carbocycles. The molecule has 0 unspecified atom stereocenters. The van der Waals surface area contributed by atoms with E-state index in [1.165, 1.54) is 0 Å². The highest BCUT2D eigenvalue weighted by atomic mass is 32.2. The van der Waals surface area contributed by atoms with Crippen LogP contribution in [0.3, 0.4) is 0 Å². The molecule has 1 amide bonds. The minimum atomic E-state index is -1.02. The molecule has 1 aliphatic heterocycles. The molecule has 1 saturated heterocycles. The van der Waals surface area contributed by atoms with Crippen LogP contribution in [-0.2, 0) is 9.59 Å². The minimum Gasteiger partial charge on any atom is -0.479 e. The molecule has 94 valence electrons. The summed E-state index contributed by atoms with van der Waals surface area (Å²) in [6.07, 6.45) is 7.07. The molecule has 4 nitrogen and oxygen atoms in total. The van der Waals surface area contributed by atoms with Crippen molar-refractivity contribution >= 4 is 23.6 Å². The van der Waals surface area contributed by atoms with Crippen molar-refractivity contribution in [3.05, 3.63) is 12.2 Å². The number of nitrogens with one attached hydrogen (secondary N) is 1. The number of carboxylic acid groups (broad SMARTS) is 1. The first kappa shape index (κ1) is 12.5. The van der Waals surface area contributed by atoms with Gasteiger partial charge in [-0.2, -0.15) is 11.8 Å². The van der Waals surface area contributed by atoms with Gasteiger partial charge in [-0.3, -0.25) is 4.79 Å².